The molecule has 4 heteroatoms. The highest BCUT2D eigenvalue weighted by Crippen LogP contribution is 2.65. The van der Waals surface area contributed by atoms with Crippen LogP contribution < -0.4 is 11.1 Å². The molecule has 1 amide bonds. The molecule has 0 aromatic carbocycles. The van der Waals surface area contributed by atoms with Crippen molar-refractivity contribution in [3.63, 3.8) is 0 Å². The van der Waals surface area contributed by atoms with Gasteiger partial charge < -0.3 is 11.1 Å². The number of carbonyl (C=O) groups is 1. The van der Waals surface area contributed by atoms with Gasteiger partial charge in [-0.1, -0.05) is 0 Å². The molecule has 0 aliphatic heterocycles. The number of hydrogen-bond acceptors (Lipinski definition) is 3. The van der Waals surface area contributed by atoms with E-state index in [0.717, 1.165) is 29.4 Å². The van der Waals surface area contributed by atoms with E-state index in [1.807, 2.05) is 6.07 Å². The highest BCUT2D eigenvalue weighted by molar-refractivity contribution is 5.79. The van der Waals surface area contributed by atoms with Gasteiger partial charge in [-0.05, 0) is 55.1 Å². The maximum Gasteiger partial charge on any atom is 0.226 e. The third-order valence-corrected chi connectivity index (χ3v) is 5.25. The van der Waals surface area contributed by atoms with Gasteiger partial charge in [0.05, 0.1) is 18.3 Å². The summed E-state index contributed by atoms with van der Waals surface area (Å²) in [7, 11) is 0. The number of hydrogen-bond donors (Lipinski definition) is 2. The summed E-state index contributed by atoms with van der Waals surface area (Å²) in [4.78, 5) is 16.2. The summed E-state index contributed by atoms with van der Waals surface area (Å²) in [5.74, 6) is 3.49. The molecule has 0 saturated heterocycles. The molecule has 3 aliphatic rings. The predicted molar refractivity (Wildman–Crippen MR) is 72.1 cm³/mol. The first-order valence-corrected chi connectivity index (χ1v) is 7.22. The Morgan fingerprint density at radius 1 is 1.32 bits per heavy atom. The van der Waals surface area contributed by atoms with Crippen molar-refractivity contribution in [3.8, 4) is 0 Å². The van der Waals surface area contributed by atoms with E-state index < -0.39 is 0 Å². The minimum absolute atomic E-state index is 0.107. The Labute approximate surface area is 112 Å². The van der Waals surface area contributed by atoms with Crippen molar-refractivity contribution in [2.75, 3.05) is 5.73 Å². The Balaban J connectivity index is 1.35. The summed E-state index contributed by atoms with van der Waals surface area (Å²) in [5, 5.41) is 3.21. The van der Waals surface area contributed by atoms with Crippen LogP contribution in [-0.4, -0.2) is 16.9 Å². The normalized spacial score (nSPS) is 38.0. The van der Waals surface area contributed by atoms with Crippen molar-refractivity contribution in [2.24, 2.45) is 23.7 Å². The number of amides is 1. The van der Waals surface area contributed by atoms with E-state index >= 15 is 0 Å². The van der Waals surface area contributed by atoms with Crippen LogP contribution in [0.4, 0.5) is 5.69 Å². The van der Waals surface area contributed by atoms with Gasteiger partial charge in [0.1, 0.15) is 0 Å². The number of rotatable bonds is 3. The first-order valence-electron chi connectivity index (χ1n) is 7.22. The fourth-order valence-corrected chi connectivity index (χ4v) is 4.46. The van der Waals surface area contributed by atoms with Crippen molar-refractivity contribution in [1.29, 1.82) is 0 Å². The molecule has 3 aliphatic carbocycles. The highest BCUT2D eigenvalue weighted by Gasteiger charge is 2.65. The molecular formula is C15H19N3O. The van der Waals surface area contributed by atoms with Gasteiger partial charge in [0.2, 0.25) is 5.91 Å². The standard InChI is InChI=1S/C15H19N3O/c16-10-3-4-11(17-7-10)6-12(19)18-15-13-8-1-2-9(5-8)14(13)15/h3-4,7-9,13-15H,1-2,5-6,16H2,(H,18,19). The number of nitrogens with zero attached hydrogens (tertiary/aromatic N) is 1. The third kappa shape index (κ3) is 1.81. The summed E-state index contributed by atoms with van der Waals surface area (Å²) < 4.78 is 0. The lowest BCUT2D eigenvalue weighted by Gasteiger charge is -2.10. The molecule has 1 aromatic heterocycles. The third-order valence-electron chi connectivity index (χ3n) is 5.25. The van der Waals surface area contributed by atoms with Crippen LogP contribution in [0.1, 0.15) is 25.0 Å². The van der Waals surface area contributed by atoms with Gasteiger partial charge in [-0.3, -0.25) is 9.78 Å². The predicted octanol–water partition coefficient (Wildman–Crippen LogP) is 1.37. The average molecular weight is 257 g/mol. The Morgan fingerprint density at radius 2 is 2.05 bits per heavy atom. The number of fused-ring (bicyclic) bond motifs is 5. The van der Waals surface area contributed by atoms with E-state index in [9.17, 15) is 4.79 Å². The smallest absolute Gasteiger partial charge is 0.226 e. The number of pyridine rings is 1. The molecule has 4 unspecified atom stereocenters. The largest absolute Gasteiger partial charge is 0.397 e. The Hall–Kier alpha value is -1.58. The van der Waals surface area contributed by atoms with E-state index in [1.165, 1.54) is 19.3 Å². The van der Waals surface area contributed by atoms with Crippen LogP contribution in [0.15, 0.2) is 18.3 Å². The zero-order chi connectivity index (χ0) is 13.0. The summed E-state index contributed by atoms with van der Waals surface area (Å²) in [6.45, 7) is 0. The quantitative estimate of drug-likeness (QED) is 0.859. The summed E-state index contributed by atoms with van der Waals surface area (Å²) >= 11 is 0. The fourth-order valence-electron chi connectivity index (χ4n) is 4.46. The molecule has 4 nitrogen and oxygen atoms in total. The van der Waals surface area contributed by atoms with Gasteiger partial charge in [0.15, 0.2) is 0 Å². The van der Waals surface area contributed by atoms with Gasteiger partial charge >= 0.3 is 0 Å². The van der Waals surface area contributed by atoms with Crippen LogP contribution >= 0.6 is 0 Å². The van der Waals surface area contributed by atoms with E-state index in [4.69, 9.17) is 5.73 Å². The van der Waals surface area contributed by atoms with Crippen molar-refractivity contribution in [3.05, 3.63) is 24.0 Å². The van der Waals surface area contributed by atoms with E-state index in [1.54, 1.807) is 12.3 Å². The van der Waals surface area contributed by atoms with Crippen molar-refractivity contribution >= 4 is 11.6 Å². The van der Waals surface area contributed by atoms with Crippen LogP contribution in [0.5, 0.6) is 0 Å². The van der Waals surface area contributed by atoms with Gasteiger partial charge in [-0.2, -0.15) is 0 Å². The molecule has 100 valence electrons. The number of carbonyl (C=O) groups excluding carboxylic acids is 1. The second kappa shape index (κ2) is 3.95. The van der Waals surface area contributed by atoms with E-state index in [2.05, 4.69) is 10.3 Å². The second-order valence-corrected chi connectivity index (χ2v) is 6.34. The molecule has 1 aromatic rings. The van der Waals surface area contributed by atoms with Crippen molar-refractivity contribution < 1.29 is 4.79 Å². The highest BCUT2D eigenvalue weighted by atomic mass is 16.1. The summed E-state index contributed by atoms with van der Waals surface area (Å²) in [6.07, 6.45) is 6.16. The molecular weight excluding hydrogens is 238 g/mol. The lowest BCUT2D eigenvalue weighted by Crippen LogP contribution is -2.31. The van der Waals surface area contributed by atoms with Crippen molar-refractivity contribution in [1.82, 2.24) is 10.3 Å². The monoisotopic (exact) mass is 257 g/mol. The van der Waals surface area contributed by atoms with Crippen LogP contribution in [0.2, 0.25) is 0 Å². The lowest BCUT2D eigenvalue weighted by molar-refractivity contribution is -0.120. The molecule has 4 rings (SSSR count). The number of anilines is 1. The second-order valence-electron chi connectivity index (χ2n) is 6.34. The summed E-state index contributed by atoms with van der Waals surface area (Å²) in [6, 6.07) is 4.08. The molecule has 19 heavy (non-hydrogen) atoms. The maximum atomic E-state index is 12.0. The van der Waals surface area contributed by atoms with E-state index in [0.29, 0.717) is 18.2 Å². The molecule has 1 heterocycles. The van der Waals surface area contributed by atoms with Gasteiger partial charge in [0, 0.05) is 11.7 Å². The van der Waals surface area contributed by atoms with Gasteiger partial charge in [0.25, 0.3) is 0 Å². The van der Waals surface area contributed by atoms with E-state index in [-0.39, 0.29) is 5.91 Å². The Kier molecular flexibility index (Phi) is 2.34. The molecule has 0 radical (unpaired) electrons. The van der Waals surface area contributed by atoms with Gasteiger partial charge in [-0.25, -0.2) is 0 Å². The van der Waals surface area contributed by atoms with Gasteiger partial charge in [-0.15, -0.1) is 0 Å². The van der Waals surface area contributed by atoms with Crippen LogP contribution in [-0.2, 0) is 11.2 Å². The first-order chi connectivity index (χ1) is 9.22. The number of nitrogen functional groups attached to an aromatic ring is 1. The molecule has 3 N–H and O–H groups in total. The Morgan fingerprint density at radius 3 is 2.68 bits per heavy atom. The lowest BCUT2D eigenvalue weighted by atomic mass is 10.0. The minimum Gasteiger partial charge on any atom is -0.397 e. The van der Waals surface area contributed by atoms with Crippen LogP contribution in [0.3, 0.4) is 0 Å². The molecule has 3 fully saturated rings. The average Bonchev–Trinajstić information content (AvgIpc) is 2.81. The topological polar surface area (TPSA) is 68.0 Å². The number of nitrogens with one attached hydrogen (secondary N) is 1. The zero-order valence-electron chi connectivity index (χ0n) is 10.9. The summed E-state index contributed by atoms with van der Waals surface area (Å²) in [5.41, 5.74) is 7.01. The molecule has 2 bridgehead atoms. The number of nitrogens with two attached hydrogens (primary N) is 1. The zero-order valence-corrected chi connectivity index (χ0v) is 10.9. The van der Waals surface area contributed by atoms with Crippen molar-refractivity contribution in [2.45, 2.75) is 31.7 Å². The fraction of sp³-hybridized carbons (Fsp3) is 0.600. The molecule has 3 saturated carbocycles. The molecule has 0 spiro atoms. The van der Waals surface area contributed by atoms with Crippen LogP contribution in [0, 0.1) is 23.7 Å². The Bertz CT molecular complexity index is 497. The maximum absolute atomic E-state index is 12.0. The molecule has 4 atom stereocenters. The first kappa shape index (κ1) is 11.3. The minimum atomic E-state index is 0.107. The number of aromatic nitrogens is 1. The SMILES string of the molecule is Nc1ccc(CC(=O)NC2C3C4CCC(C4)C23)nc1. The van der Waals surface area contributed by atoms with Crippen LogP contribution in [0.25, 0.3) is 0 Å².